The van der Waals surface area contributed by atoms with Crippen LogP contribution in [0.25, 0.3) is 0 Å². The van der Waals surface area contributed by atoms with Gasteiger partial charge in [-0.15, -0.1) is 0 Å². The number of carboxylic acids is 1. The van der Waals surface area contributed by atoms with Crippen molar-refractivity contribution in [3.05, 3.63) is 47.0 Å². The van der Waals surface area contributed by atoms with Crippen LogP contribution in [0.1, 0.15) is 12.0 Å². The van der Waals surface area contributed by atoms with E-state index in [0.717, 1.165) is 5.56 Å². The van der Waals surface area contributed by atoms with Crippen LogP contribution >= 0.6 is 11.6 Å². The van der Waals surface area contributed by atoms with E-state index in [2.05, 4.69) is 10.6 Å². The van der Waals surface area contributed by atoms with E-state index in [1.54, 1.807) is 38.5 Å². The fourth-order valence-corrected chi connectivity index (χ4v) is 3.01. The summed E-state index contributed by atoms with van der Waals surface area (Å²) in [6, 6.07) is 9.23. The summed E-state index contributed by atoms with van der Waals surface area (Å²) in [5, 5.41) is 15.4. The van der Waals surface area contributed by atoms with Crippen LogP contribution in [0, 0.1) is 0 Å². The van der Waals surface area contributed by atoms with Crippen molar-refractivity contribution in [2.75, 3.05) is 33.2 Å². The Morgan fingerprint density at radius 1 is 1.00 bits per heavy atom. The minimum absolute atomic E-state index is 0.253. The third-order valence-electron chi connectivity index (χ3n) is 4.38. The normalized spacial score (nSPS) is 11.5. The van der Waals surface area contributed by atoms with Crippen molar-refractivity contribution in [2.24, 2.45) is 0 Å². The Morgan fingerprint density at radius 3 is 2.30 bits per heavy atom. The van der Waals surface area contributed by atoms with Crippen LogP contribution in [-0.4, -0.2) is 50.9 Å². The summed E-state index contributed by atoms with van der Waals surface area (Å²) in [5.41, 5.74) is 1.32. The van der Waals surface area contributed by atoms with Gasteiger partial charge in [0.25, 0.3) is 0 Å². The second-order valence-electron chi connectivity index (χ2n) is 6.38. The largest absolute Gasteiger partial charge is 0.495 e. The summed E-state index contributed by atoms with van der Waals surface area (Å²) in [5.74, 6) is 0.0588. The van der Waals surface area contributed by atoms with Gasteiger partial charge in [0.05, 0.1) is 33.4 Å². The van der Waals surface area contributed by atoms with Crippen molar-refractivity contribution >= 4 is 29.2 Å². The molecule has 3 N–H and O–H groups in total. The number of carboxylic acid groups (broad SMARTS) is 1. The zero-order valence-electron chi connectivity index (χ0n) is 17.0. The lowest BCUT2D eigenvalue weighted by molar-refractivity contribution is -0.141. The molecule has 0 spiro atoms. The number of rotatable bonds is 11. The number of hydrogen-bond donors (Lipinski definition) is 3. The zero-order chi connectivity index (χ0) is 22.1. The van der Waals surface area contributed by atoms with Crippen LogP contribution < -0.4 is 24.8 Å². The number of methoxy groups -OCH3 is 3. The van der Waals surface area contributed by atoms with Gasteiger partial charge in [0.2, 0.25) is 5.91 Å². The highest BCUT2D eigenvalue weighted by atomic mass is 35.5. The minimum Gasteiger partial charge on any atom is -0.495 e. The molecule has 0 saturated carbocycles. The lowest BCUT2D eigenvalue weighted by Gasteiger charge is -2.16. The van der Waals surface area contributed by atoms with Gasteiger partial charge in [-0.2, -0.15) is 0 Å². The van der Waals surface area contributed by atoms with Crippen molar-refractivity contribution in [1.82, 2.24) is 5.32 Å². The van der Waals surface area contributed by atoms with E-state index in [1.165, 1.54) is 7.11 Å². The lowest BCUT2D eigenvalue weighted by Crippen LogP contribution is -2.40. The fraction of sp³-hybridized carbons (Fsp3) is 0.333. The Balaban J connectivity index is 1.94. The summed E-state index contributed by atoms with van der Waals surface area (Å²) in [4.78, 5) is 23.9. The van der Waals surface area contributed by atoms with Gasteiger partial charge in [-0.25, -0.2) is 0 Å². The van der Waals surface area contributed by atoms with Crippen LogP contribution in [0.3, 0.4) is 0 Å². The molecule has 0 unspecified atom stereocenters. The van der Waals surface area contributed by atoms with Crippen molar-refractivity contribution < 1.29 is 28.9 Å². The molecule has 9 heteroatoms. The topological polar surface area (TPSA) is 106 Å². The monoisotopic (exact) mass is 436 g/mol. The SMILES string of the molecule is COc1ccc(Cl)cc1NC(=O)C[C@H](NCCc1ccc(OC)c(OC)c1)C(=O)O. The molecular formula is C21H25ClN2O6. The number of benzene rings is 2. The predicted molar refractivity (Wildman–Crippen MR) is 114 cm³/mol. The summed E-state index contributed by atoms with van der Waals surface area (Å²) in [6.07, 6.45) is 0.296. The molecule has 0 saturated heterocycles. The standard InChI is InChI=1S/C21H25ClN2O6/c1-28-17-7-5-14(22)11-15(17)24-20(25)12-16(21(26)27)23-9-8-13-4-6-18(29-2)19(10-13)30-3/h4-7,10-11,16,23H,8-9,12H2,1-3H3,(H,24,25)(H,26,27)/t16-/m0/s1. The first kappa shape index (κ1) is 23.3. The molecular weight excluding hydrogens is 412 g/mol. The van der Waals surface area contributed by atoms with Crippen molar-refractivity contribution in [3.8, 4) is 17.2 Å². The highest BCUT2D eigenvalue weighted by molar-refractivity contribution is 6.31. The second kappa shape index (κ2) is 11.3. The van der Waals surface area contributed by atoms with Gasteiger partial charge in [0.1, 0.15) is 11.8 Å². The number of nitrogens with one attached hydrogen (secondary N) is 2. The lowest BCUT2D eigenvalue weighted by atomic mass is 10.1. The molecule has 0 fully saturated rings. The molecule has 0 aliphatic rings. The van der Waals surface area contributed by atoms with Crippen LogP contribution in [0.5, 0.6) is 17.2 Å². The second-order valence-corrected chi connectivity index (χ2v) is 6.82. The zero-order valence-corrected chi connectivity index (χ0v) is 17.8. The van der Waals surface area contributed by atoms with E-state index < -0.39 is 17.9 Å². The molecule has 0 radical (unpaired) electrons. The number of aliphatic carboxylic acids is 1. The smallest absolute Gasteiger partial charge is 0.321 e. The van der Waals surface area contributed by atoms with Crippen LogP contribution in [0.4, 0.5) is 5.69 Å². The van der Waals surface area contributed by atoms with Gasteiger partial charge in [-0.3, -0.25) is 9.59 Å². The average molecular weight is 437 g/mol. The maximum absolute atomic E-state index is 12.4. The molecule has 0 aliphatic carbocycles. The van der Waals surface area contributed by atoms with Gasteiger partial charge < -0.3 is 30.0 Å². The molecule has 162 valence electrons. The number of halogens is 1. The number of ether oxygens (including phenoxy) is 3. The Labute approximate surface area is 180 Å². The first-order valence-electron chi connectivity index (χ1n) is 9.18. The molecule has 2 aromatic carbocycles. The molecule has 0 bridgehead atoms. The first-order valence-corrected chi connectivity index (χ1v) is 9.56. The van der Waals surface area contributed by atoms with Gasteiger partial charge >= 0.3 is 5.97 Å². The summed E-state index contributed by atoms with van der Waals surface area (Å²) < 4.78 is 15.6. The molecule has 1 amide bonds. The Morgan fingerprint density at radius 2 is 1.67 bits per heavy atom. The number of carbonyl (C=O) groups is 2. The molecule has 0 aromatic heterocycles. The summed E-state index contributed by atoms with van der Waals surface area (Å²) in [7, 11) is 4.57. The van der Waals surface area contributed by atoms with Gasteiger partial charge in [0, 0.05) is 5.02 Å². The van der Waals surface area contributed by atoms with E-state index in [4.69, 9.17) is 25.8 Å². The van der Waals surface area contributed by atoms with Crippen molar-refractivity contribution in [1.29, 1.82) is 0 Å². The van der Waals surface area contributed by atoms with E-state index in [9.17, 15) is 14.7 Å². The van der Waals surface area contributed by atoms with Crippen LogP contribution in [0.15, 0.2) is 36.4 Å². The van der Waals surface area contributed by atoms with Crippen LogP contribution in [-0.2, 0) is 16.0 Å². The Hall–Kier alpha value is -2.97. The number of anilines is 1. The third-order valence-corrected chi connectivity index (χ3v) is 4.61. The van der Waals surface area contributed by atoms with E-state index in [0.29, 0.717) is 40.9 Å². The van der Waals surface area contributed by atoms with E-state index >= 15 is 0 Å². The fourth-order valence-electron chi connectivity index (χ4n) is 2.84. The minimum atomic E-state index is -1.12. The van der Waals surface area contributed by atoms with Gasteiger partial charge in [-0.05, 0) is 48.9 Å². The average Bonchev–Trinajstić information content (AvgIpc) is 2.72. The Bertz CT molecular complexity index is 890. The van der Waals surface area contributed by atoms with Gasteiger partial charge in [0.15, 0.2) is 11.5 Å². The van der Waals surface area contributed by atoms with Crippen LogP contribution in [0.2, 0.25) is 5.02 Å². The number of hydrogen-bond acceptors (Lipinski definition) is 6. The summed E-state index contributed by atoms with van der Waals surface area (Å²) in [6.45, 7) is 0.361. The van der Waals surface area contributed by atoms with Crippen molar-refractivity contribution in [3.63, 3.8) is 0 Å². The number of amides is 1. The van der Waals surface area contributed by atoms with Crippen molar-refractivity contribution in [2.45, 2.75) is 18.9 Å². The van der Waals surface area contributed by atoms with E-state index in [-0.39, 0.29) is 6.42 Å². The quantitative estimate of drug-likeness (QED) is 0.497. The van der Waals surface area contributed by atoms with E-state index in [1.807, 2.05) is 12.1 Å². The Kier molecular flexibility index (Phi) is 8.76. The highest BCUT2D eigenvalue weighted by Crippen LogP contribution is 2.28. The molecule has 8 nitrogen and oxygen atoms in total. The molecule has 30 heavy (non-hydrogen) atoms. The molecule has 0 heterocycles. The molecule has 1 atom stereocenters. The molecule has 0 aliphatic heterocycles. The first-order chi connectivity index (χ1) is 14.4. The predicted octanol–water partition coefficient (Wildman–Crippen LogP) is 2.98. The molecule has 2 aromatic rings. The molecule has 2 rings (SSSR count). The maximum Gasteiger partial charge on any atom is 0.321 e. The number of carbonyl (C=O) groups excluding carboxylic acids is 1. The van der Waals surface area contributed by atoms with Gasteiger partial charge in [-0.1, -0.05) is 17.7 Å². The highest BCUT2D eigenvalue weighted by Gasteiger charge is 2.21. The third kappa shape index (κ3) is 6.53. The maximum atomic E-state index is 12.4. The summed E-state index contributed by atoms with van der Waals surface area (Å²) >= 11 is 5.95.